The van der Waals surface area contributed by atoms with Gasteiger partial charge in [-0.2, -0.15) is 0 Å². The van der Waals surface area contributed by atoms with E-state index in [-0.39, 0.29) is 5.41 Å². The largest absolute Gasteiger partial charge is 0.493 e. The molecule has 0 aromatic heterocycles. The maximum atomic E-state index is 12.6. The zero-order chi connectivity index (χ0) is 17.9. The number of carbonyl (C=O) groups excluding carboxylic acids is 1. The van der Waals surface area contributed by atoms with Crippen LogP contribution in [-0.2, 0) is 16.6 Å². The molecule has 2 bridgehead atoms. The first kappa shape index (κ1) is 16.6. The van der Waals surface area contributed by atoms with Gasteiger partial charge in [0.1, 0.15) is 5.78 Å². The minimum Gasteiger partial charge on any atom is -0.493 e. The molecule has 1 aromatic rings. The summed E-state index contributed by atoms with van der Waals surface area (Å²) >= 11 is 0. The van der Waals surface area contributed by atoms with E-state index < -0.39 is 0 Å². The molecule has 1 saturated heterocycles. The molecule has 4 aliphatic rings. The topological polar surface area (TPSA) is 38.8 Å². The number of ketones is 1. The number of hydrogen-bond donors (Lipinski definition) is 0. The van der Waals surface area contributed by atoms with Gasteiger partial charge in [0.2, 0.25) is 0 Å². The maximum Gasteiger partial charge on any atom is 0.164 e. The zero-order valence-corrected chi connectivity index (χ0v) is 15.9. The molecule has 2 saturated carbocycles. The number of rotatable bonds is 4. The van der Waals surface area contributed by atoms with Crippen LogP contribution in [0.5, 0.6) is 11.5 Å². The van der Waals surface area contributed by atoms with Gasteiger partial charge in [-0.05, 0) is 62.1 Å². The van der Waals surface area contributed by atoms with Crippen molar-refractivity contribution < 1.29 is 14.3 Å². The Morgan fingerprint density at radius 1 is 1.19 bits per heavy atom. The van der Waals surface area contributed by atoms with Crippen molar-refractivity contribution in [3.8, 4) is 11.5 Å². The minimum atomic E-state index is -0.0481. The standard InChI is InChI=1S/C22H29NO3/c1-25-19-8-5-15-11-18-17-7-6-16(24)12-22(17,20(15)21(19)26-2)9-10-23(18)13-14-3-4-14/h5,8,14,17-18H,3-4,6-7,9-13H2,1-2H3. The number of methoxy groups -OCH3 is 2. The van der Waals surface area contributed by atoms with Gasteiger partial charge in [0.05, 0.1) is 14.2 Å². The number of ether oxygens (including phenoxy) is 2. The molecule has 3 unspecified atom stereocenters. The molecule has 0 N–H and O–H groups in total. The normalized spacial score (nSPS) is 33.4. The lowest BCUT2D eigenvalue weighted by molar-refractivity contribution is -0.127. The van der Waals surface area contributed by atoms with E-state index in [9.17, 15) is 4.79 Å². The predicted molar refractivity (Wildman–Crippen MR) is 100.0 cm³/mol. The Bertz CT molecular complexity index is 741. The number of nitrogens with zero attached hydrogens (tertiary/aromatic N) is 1. The summed E-state index contributed by atoms with van der Waals surface area (Å²) < 4.78 is 11.5. The predicted octanol–water partition coefficient (Wildman–Crippen LogP) is 3.35. The molecule has 3 atom stereocenters. The minimum absolute atomic E-state index is 0.0481. The molecule has 4 nitrogen and oxygen atoms in total. The van der Waals surface area contributed by atoms with E-state index in [1.165, 1.54) is 30.5 Å². The van der Waals surface area contributed by atoms with E-state index in [2.05, 4.69) is 11.0 Å². The molecule has 1 aliphatic heterocycles. The number of benzene rings is 1. The number of piperidine rings is 1. The molecule has 140 valence electrons. The second-order valence-electron chi connectivity index (χ2n) is 8.81. The first-order valence-corrected chi connectivity index (χ1v) is 10.2. The summed E-state index contributed by atoms with van der Waals surface area (Å²) in [6.45, 7) is 2.37. The first-order valence-electron chi connectivity index (χ1n) is 10.2. The lowest BCUT2D eigenvalue weighted by atomic mass is 9.52. The molecule has 1 heterocycles. The van der Waals surface area contributed by atoms with Gasteiger partial charge in [0, 0.05) is 36.4 Å². The number of Topliss-reactive ketones (excluding diaryl/α,β-unsaturated/α-hetero) is 1. The van der Waals surface area contributed by atoms with E-state index in [1.54, 1.807) is 14.2 Å². The second-order valence-corrected chi connectivity index (χ2v) is 8.81. The van der Waals surface area contributed by atoms with Crippen molar-refractivity contribution in [3.63, 3.8) is 0 Å². The fourth-order valence-corrected chi connectivity index (χ4v) is 6.20. The van der Waals surface area contributed by atoms with Crippen LogP contribution in [0, 0.1) is 11.8 Å². The van der Waals surface area contributed by atoms with E-state index in [0.29, 0.717) is 24.2 Å². The Kier molecular flexibility index (Phi) is 3.82. The third-order valence-corrected chi connectivity index (χ3v) is 7.48. The Hall–Kier alpha value is -1.55. The van der Waals surface area contributed by atoms with Crippen LogP contribution in [-0.4, -0.2) is 44.0 Å². The van der Waals surface area contributed by atoms with Gasteiger partial charge in [-0.3, -0.25) is 9.69 Å². The van der Waals surface area contributed by atoms with Gasteiger partial charge in [0.25, 0.3) is 0 Å². The second kappa shape index (κ2) is 5.98. The SMILES string of the molecule is COc1ccc2c(c1OC)C13CCN(CC4CC4)C(C2)C1CCC(=O)C3. The summed E-state index contributed by atoms with van der Waals surface area (Å²) in [5.74, 6) is 3.59. The molecule has 5 rings (SSSR count). The van der Waals surface area contributed by atoms with Gasteiger partial charge >= 0.3 is 0 Å². The number of likely N-dealkylation sites (tertiary alicyclic amines) is 1. The molecular weight excluding hydrogens is 326 g/mol. The van der Waals surface area contributed by atoms with Crippen LogP contribution in [0.15, 0.2) is 12.1 Å². The van der Waals surface area contributed by atoms with Crippen LogP contribution in [0.3, 0.4) is 0 Å². The van der Waals surface area contributed by atoms with Crippen LogP contribution in [0.1, 0.15) is 49.7 Å². The Morgan fingerprint density at radius 3 is 2.77 bits per heavy atom. The van der Waals surface area contributed by atoms with Crippen molar-refractivity contribution in [2.24, 2.45) is 11.8 Å². The molecule has 1 aromatic carbocycles. The molecule has 0 amide bonds. The molecular formula is C22H29NO3. The molecule has 0 radical (unpaired) electrons. The molecule has 3 aliphatic carbocycles. The van der Waals surface area contributed by atoms with Crippen molar-refractivity contribution in [2.75, 3.05) is 27.3 Å². The van der Waals surface area contributed by atoms with Crippen molar-refractivity contribution in [3.05, 3.63) is 23.3 Å². The highest BCUT2D eigenvalue weighted by molar-refractivity contribution is 5.82. The third kappa shape index (κ3) is 2.34. The molecule has 3 fully saturated rings. The third-order valence-electron chi connectivity index (χ3n) is 7.48. The molecule has 26 heavy (non-hydrogen) atoms. The lowest BCUT2D eigenvalue weighted by Gasteiger charge is -2.58. The van der Waals surface area contributed by atoms with Crippen molar-refractivity contribution >= 4 is 5.78 Å². The van der Waals surface area contributed by atoms with Gasteiger partial charge in [-0.1, -0.05) is 6.07 Å². The zero-order valence-electron chi connectivity index (χ0n) is 15.9. The Morgan fingerprint density at radius 2 is 2.04 bits per heavy atom. The smallest absolute Gasteiger partial charge is 0.164 e. The van der Waals surface area contributed by atoms with Crippen LogP contribution in [0.4, 0.5) is 0 Å². The average molecular weight is 355 g/mol. The van der Waals surface area contributed by atoms with E-state index in [0.717, 1.165) is 49.6 Å². The Labute approximate surface area is 155 Å². The lowest BCUT2D eigenvalue weighted by Crippen LogP contribution is -2.62. The summed E-state index contributed by atoms with van der Waals surface area (Å²) in [7, 11) is 3.44. The van der Waals surface area contributed by atoms with E-state index >= 15 is 0 Å². The fourth-order valence-electron chi connectivity index (χ4n) is 6.20. The maximum absolute atomic E-state index is 12.6. The van der Waals surface area contributed by atoms with Crippen molar-refractivity contribution in [2.45, 2.75) is 56.4 Å². The summed E-state index contributed by atoms with van der Waals surface area (Å²) in [4.78, 5) is 15.3. The average Bonchev–Trinajstić information content (AvgIpc) is 3.46. The number of hydrogen-bond acceptors (Lipinski definition) is 4. The summed E-state index contributed by atoms with van der Waals surface area (Å²) in [5, 5.41) is 0. The van der Waals surface area contributed by atoms with Gasteiger partial charge in [-0.25, -0.2) is 0 Å². The molecule has 0 spiro atoms. The van der Waals surface area contributed by atoms with Crippen LogP contribution in [0.2, 0.25) is 0 Å². The van der Waals surface area contributed by atoms with Gasteiger partial charge in [0.15, 0.2) is 11.5 Å². The number of carbonyl (C=O) groups is 1. The highest BCUT2D eigenvalue weighted by Crippen LogP contribution is 2.59. The van der Waals surface area contributed by atoms with Crippen molar-refractivity contribution in [1.82, 2.24) is 4.90 Å². The summed E-state index contributed by atoms with van der Waals surface area (Å²) in [6, 6.07) is 4.85. The summed E-state index contributed by atoms with van der Waals surface area (Å²) in [6.07, 6.45) is 7.43. The van der Waals surface area contributed by atoms with E-state index in [1.807, 2.05) is 6.07 Å². The highest BCUT2D eigenvalue weighted by Gasteiger charge is 2.57. The van der Waals surface area contributed by atoms with Gasteiger partial charge in [-0.15, -0.1) is 0 Å². The van der Waals surface area contributed by atoms with Gasteiger partial charge < -0.3 is 9.47 Å². The first-order chi connectivity index (χ1) is 12.7. The number of fused-ring (bicyclic) bond motifs is 1. The molecule has 4 heteroatoms. The van der Waals surface area contributed by atoms with E-state index in [4.69, 9.17) is 9.47 Å². The summed E-state index contributed by atoms with van der Waals surface area (Å²) in [5.41, 5.74) is 2.62. The van der Waals surface area contributed by atoms with Crippen molar-refractivity contribution in [1.29, 1.82) is 0 Å². The quantitative estimate of drug-likeness (QED) is 0.830. The highest BCUT2D eigenvalue weighted by atomic mass is 16.5. The van der Waals surface area contributed by atoms with Crippen LogP contribution < -0.4 is 9.47 Å². The fraction of sp³-hybridized carbons (Fsp3) is 0.682. The van der Waals surface area contributed by atoms with Crippen LogP contribution >= 0.6 is 0 Å². The Balaban J connectivity index is 1.64. The monoisotopic (exact) mass is 355 g/mol. The van der Waals surface area contributed by atoms with Crippen LogP contribution in [0.25, 0.3) is 0 Å².